The topological polar surface area (TPSA) is 55.8 Å². The van der Waals surface area contributed by atoms with Gasteiger partial charge < -0.3 is 9.80 Å². The molecule has 2 heterocycles. The maximum Gasteiger partial charge on any atom is 0.236 e. The molecule has 0 radical (unpaired) electrons. The number of rotatable bonds is 9. The smallest absolute Gasteiger partial charge is 0.236 e. The van der Waals surface area contributed by atoms with E-state index in [0.717, 1.165) is 57.7 Å². The van der Waals surface area contributed by atoms with Gasteiger partial charge in [-0.05, 0) is 51.1 Å². The Morgan fingerprint density at radius 3 is 2.47 bits per heavy atom. The lowest BCUT2D eigenvalue weighted by Gasteiger charge is -2.43. The number of carbonyl (C=O) groups is 1. The molecule has 1 aliphatic heterocycles. The van der Waals surface area contributed by atoms with E-state index >= 15 is 0 Å². The number of anilines is 1. The number of amides is 1. The van der Waals surface area contributed by atoms with Crippen LogP contribution in [0.1, 0.15) is 26.2 Å². The number of hydrogen-bond acceptors (Lipinski definition) is 6. The van der Waals surface area contributed by atoms with E-state index in [1.165, 1.54) is 31.4 Å². The van der Waals surface area contributed by atoms with Crippen LogP contribution < -0.4 is 4.90 Å². The number of piperazine rings is 1. The molecule has 1 aliphatic carbocycles. The van der Waals surface area contributed by atoms with Crippen molar-refractivity contribution in [2.75, 3.05) is 64.3 Å². The van der Waals surface area contributed by atoms with E-state index in [-0.39, 0.29) is 10.9 Å². The fraction of sp³-hybridized carbons (Fsp3) is 0.560. The Hall–Kier alpha value is -2.29. The fourth-order valence-corrected chi connectivity index (χ4v) is 4.65. The molecule has 1 aromatic heterocycles. The zero-order valence-corrected chi connectivity index (χ0v) is 20.8. The molecule has 0 spiro atoms. The van der Waals surface area contributed by atoms with E-state index in [1.807, 2.05) is 24.1 Å². The standard InChI is InChI=1S/C25H34ClFN6O/c1-3-31(24-10-9-23(28-29-24)19-7-8-21(26)22(27)17-19)12-11-30(2)18-25(34)33-15-13-32(14-16-33)20-5-4-6-20/h7-10,17,20H,3-6,11-16,18H2,1-2H3. The van der Waals surface area contributed by atoms with E-state index in [2.05, 4.69) is 31.8 Å². The summed E-state index contributed by atoms with van der Waals surface area (Å²) in [6.07, 6.45) is 3.98. The number of aromatic nitrogens is 2. The van der Waals surface area contributed by atoms with Crippen LogP contribution in [0, 0.1) is 5.82 Å². The molecule has 2 aromatic rings. The molecule has 34 heavy (non-hydrogen) atoms. The minimum absolute atomic E-state index is 0.0871. The number of halogens is 2. The number of carbonyl (C=O) groups excluding carboxylic acids is 1. The molecule has 4 rings (SSSR count). The van der Waals surface area contributed by atoms with Crippen LogP contribution in [0.4, 0.5) is 10.2 Å². The number of likely N-dealkylation sites (N-methyl/N-ethyl adjacent to an activating group) is 2. The molecule has 1 amide bonds. The maximum atomic E-state index is 13.8. The van der Waals surface area contributed by atoms with E-state index in [4.69, 9.17) is 11.6 Å². The number of hydrogen-bond donors (Lipinski definition) is 0. The first-order chi connectivity index (χ1) is 16.4. The summed E-state index contributed by atoms with van der Waals surface area (Å²) in [5, 5.41) is 8.71. The highest BCUT2D eigenvalue weighted by molar-refractivity contribution is 6.30. The lowest BCUT2D eigenvalue weighted by atomic mass is 9.91. The summed E-state index contributed by atoms with van der Waals surface area (Å²) >= 11 is 5.77. The van der Waals surface area contributed by atoms with Crippen LogP contribution in [0.5, 0.6) is 0 Å². The second kappa shape index (κ2) is 11.4. The summed E-state index contributed by atoms with van der Waals surface area (Å²) < 4.78 is 13.8. The van der Waals surface area contributed by atoms with Gasteiger partial charge in [0, 0.05) is 57.4 Å². The van der Waals surface area contributed by atoms with E-state index < -0.39 is 5.82 Å². The molecule has 2 fully saturated rings. The summed E-state index contributed by atoms with van der Waals surface area (Å²) in [7, 11) is 1.99. The Bertz CT molecular complexity index is 962. The van der Waals surface area contributed by atoms with Crippen molar-refractivity contribution in [1.29, 1.82) is 0 Å². The van der Waals surface area contributed by atoms with Gasteiger partial charge in [-0.3, -0.25) is 14.6 Å². The molecule has 0 N–H and O–H groups in total. The first-order valence-electron chi connectivity index (χ1n) is 12.2. The van der Waals surface area contributed by atoms with Crippen LogP contribution in [0.2, 0.25) is 5.02 Å². The normalized spacial score (nSPS) is 17.1. The van der Waals surface area contributed by atoms with E-state index in [0.29, 0.717) is 17.8 Å². The Balaban J connectivity index is 1.24. The SMILES string of the molecule is CCN(CCN(C)CC(=O)N1CCN(C2CCC2)CC1)c1ccc(-c2ccc(Cl)c(F)c2)nn1. The monoisotopic (exact) mass is 488 g/mol. The highest BCUT2D eigenvalue weighted by Gasteiger charge is 2.29. The number of nitrogens with zero attached hydrogens (tertiary/aromatic N) is 6. The van der Waals surface area contributed by atoms with Crippen LogP contribution >= 0.6 is 11.6 Å². The van der Waals surface area contributed by atoms with E-state index in [1.54, 1.807) is 6.07 Å². The van der Waals surface area contributed by atoms with Gasteiger partial charge in [0.15, 0.2) is 5.82 Å². The predicted molar refractivity (Wildman–Crippen MR) is 134 cm³/mol. The molecule has 1 saturated heterocycles. The highest BCUT2D eigenvalue weighted by atomic mass is 35.5. The van der Waals surface area contributed by atoms with Crippen molar-refractivity contribution in [2.24, 2.45) is 0 Å². The summed E-state index contributed by atoms with van der Waals surface area (Å²) in [4.78, 5) is 21.5. The van der Waals surface area contributed by atoms with Crippen LogP contribution in [0.3, 0.4) is 0 Å². The lowest BCUT2D eigenvalue weighted by molar-refractivity contribution is -0.134. The third-order valence-corrected chi connectivity index (χ3v) is 7.29. The average molecular weight is 489 g/mol. The molecule has 7 nitrogen and oxygen atoms in total. The molecular formula is C25H34ClFN6O. The Labute approximate surface area is 206 Å². The first kappa shape index (κ1) is 24.8. The Morgan fingerprint density at radius 2 is 1.88 bits per heavy atom. The van der Waals surface area contributed by atoms with Gasteiger partial charge >= 0.3 is 0 Å². The zero-order chi connectivity index (χ0) is 24.1. The van der Waals surface area contributed by atoms with Crippen LogP contribution in [0.15, 0.2) is 30.3 Å². The quantitative estimate of drug-likeness (QED) is 0.539. The van der Waals surface area contributed by atoms with Crippen LogP contribution in [0.25, 0.3) is 11.3 Å². The predicted octanol–water partition coefficient (Wildman–Crippen LogP) is 3.39. The largest absolute Gasteiger partial charge is 0.354 e. The highest BCUT2D eigenvalue weighted by Crippen LogP contribution is 2.26. The van der Waals surface area contributed by atoms with E-state index in [9.17, 15) is 9.18 Å². The van der Waals surface area contributed by atoms with Crippen molar-refractivity contribution >= 4 is 23.3 Å². The molecule has 1 saturated carbocycles. The molecule has 184 valence electrons. The third kappa shape index (κ3) is 6.03. The molecular weight excluding hydrogens is 455 g/mol. The van der Waals surface area contributed by atoms with Crippen molar-refractivity contribution < 1.29 is 9.18 Å². The second-order valence-corrected chi connectivity index (χ2v) is 9.63. The third-order valence-electron chi connectivity index (χ3n) is 6.99. The fourth-order valence-electron chi connectivity index (χ4n) is 4.53. The molecule has 0 unspecified atom stereocenters. The minimum Gasteiger partial charge on any atom is -0.354 e. The van der Waals surface area contributed by atoms with Gasteiger partial charge in [0.2, 0.25) is 5.91 Å². The summed E-state index contributed by atoms with van der Waals surface area (Å²) in [5.74, 6) is 0.490. The summed E-state index contributed by atoms with van der Waals surface area (Å²) in [5.41, 5.74) is 1.23. The Kier molecular flexibility index (Phi) is 8.34. The molecule has 1 aromatic carbocycles. The van der Waals surface area contributed by atoms with Crippen LogP contribution in [-0.2, 0) is 4.79 Å². The van der Waals surface area contributed by atoms with Gasteiger partial charge in [0.05, 0.1) is 17.3 Å². The van der Waals surface area contributed by atoms with Gasteiger partial charge in [-0.2, -0.15) is 0 Å². The second-order valence-electron chi connectivity index (χ2n) is 9.22. The van der Waals surface area contributed by atoms with Crippen molar-refractivity contribution in [3.63, 3.8) is 0 Å². The van der Waals surface area contributed by atoms with Crippen molar-refractivity contribution in [2.45, 2.75) is 32.2 Å². The van der Waals surface area contributed by atoms with Crippen molar-refractivity contribution in [1.82, 2.24) is 24.9 Å². The van der Waals surface area contributed by atoms with Crippen molar-refractivity contribution in [3.8, 4) is 11.3 Å². The van der Waals surface area contributed by atoms with Crippen molar-refractivity contribution in [3.05, 3.63) is 41.2 Å². The van der Waals surface area contributed by atoms with Gasteiger partial charge in [-0.25, -0.2) is 4.39 Å². The molecule has 0 bridgehead atoms. The first-order valence-corrected chi connectivity index (χ1v) is 12.6. The lowest BCUT2D eigenvalue weighted by Crippen LogP contribution is -2.55. The molecule has 9 heteroatoms. The molecule has 2 aliphatic rings. The van der Waals surface area contributed by atoms with Crippen LogP contribution in [-0.4, -0.2) is 96.3 Å². The minimum atomic E-state index is -0.474. The summed E-state index contributed by atoms with van der Waals surface area (Å²) in [6, 6.07) is 9.10. The number of benzene rings is 1. The average Bonchev–Trinajstić information content (AvgIpc) is 2.81. The zero-order valence-electron chi connectivity index (χ0n) is 20.1. The summed E-state index contributed by atoms with van der Waals surface area (Å²) in [6.45, 7) is 8.42. The molecule has 0 atom stereocenters. The van der Waals surface area contributed by atoms with Gasteiger partial charge in [0.1, 0.15) is 5.82 Å². The van der Waals surface area contributed by atoms with Gasteiger partial charge in [-0.15, -0.1) is 10.2 Å². The van der Waals surface area contributed by atoms with Gasteiger partial charge in [-0.1, -0.05) is 24.1 Å². The Morgan fingerprint density at radius 1 is 1.12 bits per heavy atom. The maximum absolute atomic E-state index is 13.8. The van der Waals surface area contributed by atoms with Gasteiger partial charge in [0.25, 0.3) is 0 Å².